The van der Waals surface area contributed by atoms with E-state index < -0.39 is 11.9 Å². The molecule has 4 rings (SSSR count). The summed E-state index contributed by atoms with van der Waals surface area (Å²) < 4.78 is 38.3. The molecule has 2 fully saturated rings. The number of hydrogen-bond donors (Lipinski definition) is 1. The number of piperazine rings is 1. The number of anilines is 1. The number of aromatic nitrogens is 2. The fraction of sp³-hybridized carbons (Fsp3) is 0.542. The van der Waals surface area contributed by atoms with Gasteiger partial charge >= 0.3 is 12.2 Å². The summed E-state index contributed by atoms with van der Waals surface area (Å²) in [6, 6.07) is 12.5. The molecule has 2 aliphatic heterocycles. The van der Waals surface area contributed by atoms with Crippen molar-refractivity contribution in [2.45, 2.75) is 57.5 Å². The number of alkyl halides is 3. The Hall–Kier alpha value is -2.88. The van der Waals surface area contributed by atoms with Crippen molar-refractivity contribution < 1.29 is 18.0 Å². The van der Waals surface area contributed by atoms with Crippen LogP contribution in [0.1, 0.15) is 37.9 Å². The minimum Gasteiger partial charge on any atom is -0.351 e. The molecule has 0 aliphatic carbocycles. The van der Waals surface area contributed by atoms with Gasteiger partial charge in [0.15, 0.2) is 11.5 Å². The van der Waals surface area contributed by atoms with Gasteiger partial charge in [0.05, 0.1) is 0 Å². The van der Waals surface area contributed by atoms with Crippen LogP contribution in [0.25, 0.3) is 0 Å². The molecule has 184 valence electrons. The highest BCUT2D eigenvalue weighted by Crippen LogP contribution is 2.28. The van der Waals surface area contributed by atoms with Gasteiger partial charge in [-0.2, -0.15) is 13.2 Å². The van der Waals surface area contributed by atoms with Gasteiger partial charge in [0.1, 0.15) is 0 Å². The van der Waals surface area contributed by atoms with Crippen LogP contribution >= 0.6 is 0 Å². The van der Waals surface area contributed by atoms with Crippen LogP contribution in [0, 0.1) is 0 Å². The maximum Gasteiger partial charge on any atom is 0.435 e. The molecule has 0 saturated carbocycles. The summed E-state index contributed by atoms with van der Waals surface area (Å²) in [6.45, 7) is 7.64. The molecular weight excluding hydrogens is 445 g/mol. The lowest BCUT2D eigenvalue weighted by Gasteiger charge is -2.45. The zero-order valence-corrected chi connectivity index (χ0v) is 19.5. The first-order chi connectivity index (χ1) is 16.2. The summed E-state index contributed by atoms with van der Waals surface area (Å²) in [5.74, 6) is 0.387. The van der Waals surface area contributed by atoms with E-state index in [9.17, 15) is 18.0 Å². The first-order valence-electron chi connectivity index (χ1n) is 11.7. The molecule has 1 aromatic heterocycles. The fourth-order valence-electron chi connectivity index (χ4n) is 4.88. The minimum atomic E-state index is -4.51. The van der Waals surface area contributed by atoms with Crippen molar-refractivity contribution >= 4 is 11.8 Å². The zero-order chi connectivity index (χ0) is 24.3. The normalized spacial score (nSPS) is 22.6. The molecule has 3 heterocycles. The van der Waals surface area contributed by atoms with Crippen molar-refractivity contribution in [1.82, 2.24) is 25.3 Å². The molecule has 34 heavy (non-hydrogen) atoms. The summed E-state index contributed by atoms with van der Waals surface area (Å²) in [5.41, 5.74) is 0.286. The Kier molecular flexibility index (Phi) is 7.25. The van der Waals surface area contributed by atoms with E-state index >= 15 is 0 Å². The molecule has 7 nitrogen and oxygen atoms in total. The molecule has 0 spiro atoms. The molecule has 0 radical (unpaired) electrons. The first kappa shape index (κ1) is 24.3. The number of carbonyl (C=O) groups is 1. The third-order valence-electron chi connectivity index (χ3n) is 6.58. The van der Waals surface area contributed by atoms with Crippen LogP contribution < -0.4 is 10.2 Å². The van der Waals surface area contributed by atoms with Crippen molar-refractivity contribution in [3.63, 3.8) is 0 Å². The van der Waals surface area contributed by atoms with Crippen LogP contribution in [0.3, 0.4) is 0 Å². The van der Waals surface area contributed by atoms with Crippen LogP contribution in [0.15, 0.2) is 42.5 Å². The van der Waals surface area contributed by atoms with Gasteiger partial charge in [0.25, 0.3) is 0 Å². The number of benzene rings is 1. The molecule has 0 bridgehead atoms. The number of halogens is 3. The number of hydrogen-bond acceptors (Lipinski definition) is 5. The average molecular weight is 477 g/mol. The standard InChI is InChI=1S/C24H31F3N6O/c1-17-14-32(22-9-8-21(29-30-22)24(25,26)27)15-18(2)33(17)23(34)28-20-10-12-31(13-11-20)16-19-6-4-3-5-7-19/h3-9,17-18,20H,10-16H2,1-2H3,(H,28,34)/t17-,18-/m1/s1. The highest BCUT2D eigenvalue weighted by Gasteiger charge is 2.36. The van der Waals surface area contributed by atoms with Crippen LogP contribution in [0.5, 0.6) is 0 Å². The molecule has 2 amide bonds. The second-order valence-electron chi connectivity index (χ2n) is 9.27. The van der Waals surface area contributed by atoms with Gasteiger partial charge in [-0.05, 0) is 44.4 Å². The Balaban J connectivity index is 1.28. The lowest BCUT2D eigenvalue weighted by atomic mass is 10.0. The second-order valence-corrected chi connectivity index (χ2v) is 9.27. The molecule has 10 heteroatoms. The molecule has 2 saturated heterocycles. The molecule has 2 atom stereocenters. The first-order valence-corrected chi connectivity index (χ1v) is 11.7. The third-order valence-corrected chi connectivity index (χ3v) is 6.58. The number of rotatable bonds is 4. The molecule has 1 N–H and O–H groups in total. The number of piperidine rings is 1. The van der Waals surface area contributed by atoms with E-state index in [4.69, 9.17) is 0 Å². The number of nitrogens with zero attached hydrogens (tertiary/aromatic N) is 5. The average Bonchev–Trinajstić information content (AvgIpc) is 2.80. The Labute approximate surface area is 197 Å². The Morgan fingerprint density at radius 2 is 1.65 bits per heavy atom. The lowest BCUT2D eigenvalue weighted by molar-refractivity contribution is -0.141. The second kappa shape index (κ2) is 10.2. The summed E-state index contributed by atoms with van der Waals surface area (Å²) in [7, 11) is 0. The number of nitrogens with one attached hydrogen (secondary N) is 1. The maximum atomic E-state index is 13.1. The number of likely N-dealkylation sites (tertiary alicyclic amines) is 1. The lowest BCUT2D eigenvalue weighted by Crippen LogP contribution is -2.62. The minimum absolute atomic E-state index is 0.0836. The van der Waals surface area contributed by atoms with Gasteiger partial charge in [-0.1, -0.05) is 30.3 Å². The summed E-state index contributed by atoms with van der Waals surface area (Å²) >= 11 is 0. The van der Waals surface area contributed by atoms with Crippen molar-refractivity contribution in [2.24, 2.45) is 0 Å². The highest BCUT2D eigenvalue weighted by molar-refractivity contribution is 5.75. The Morgan fingerprint density at radius 1 is 1.00 bits per heavy atom. The summed E-state index contributed by atoms with van der Waals surface area (Å²) in [6.07, 6.45) is -2.70. The summed E-state index contributed by atoms with van der Waals surface area (Å²) in [4.78, 5) is 19.2. The predicted molar refractivity (Wildman–Crippen MR) is 123 cm³/mol. The van der Waals surface area contributed by atoms with E-state index in [1.807, 2.05) is 29.7 Å². The van der Waals surface area contributed by atoms with Crippen molar-refractivity contribution in [3.8, 4) is 0 Å². The fourth-order valence-corrected chi connectivity index (χ4v) is 4.88. The van der Waals surface area contributed by atoms with Crippen molar-refractivity contribution in [3.05, 3.63) is 53.7 Å². The molecule has 1 aromatic carbocycles. The van der Waals surface area contributed by atoms with Gasteiger partial charge in [0, 0.05) is 50.8 Å². The third kappa shape index (κ3) is 5.78. The van der Waals surface area contributed by atoms with Gasteiger partial charge in [0.2, 0.25) is 0 Å². The van der Waals surface area contributed by atoms with E-state index in [0.717, 1.165) is 38.5 Å². The van der Waals surface area contributed by atoms with E-state index in [1.54, 1.807) is 0 Å². The molecule has 2 aromatic rings. The monoisotopic (exact) mass is 476 g/mol. The quantitative estimate of drug-likeness (QED) is 0.728. The number of carbonyl (C=O) groups excluding carboxylic acids is 1. The van der Waals surface area contributed by atoms with Crippen LogP contribution in [-0.2, 0) is 12.7 Å². The molecule has 2 aliphatic rings. The van der Waals surface area contributed by atoms with Gasteiger partial charge in [-0.3, -0.25) is 4.90 Å². The van der Waals surface area contributed by atoms with E-state index in [-0.39, 0.29) is 24.2 Å². The molecule has 0 unspecified atom stereocenters. The van der Waals surface area contributed by atoms with E-state index in [0.29, 0.717) is 18.9 Å². The van der Waals surface area contributed by atoms with Crippen molar-refractivity contribution in [1.29, 1.82) is 0 Å². The number of amides is 2. The Morgan fingerprint density at radius 3 is 2.21 bits per heavy atom. The maximum absolute atomic E-state index is 13.1. The van der Waals surface area contributed by atoms with Gasteiger partial charge in [-0.15, -0.1) is 10.2 Å². The summed E-state index contributed by atoms with van der Waals surface area (Å²) in [5, 5.41) is 10.3. The SMILES string of the molecule is C[C@@H]1CN(c2ccc(C(F)(F)F)nn2)C[C@@H](C)N1C(=O)NC1CCN(Cc2ccccc2)CC1. The van der Waals surface area contributed by atoms with Crippen molar-refractivity contribution in [2.75, 3.05) is 31.1 Å². The van der Waals surface area contributed by atoms with Gasteiger partial charge in [-0.25, -0.2) is 4.79 Å². The molecular formula is C24H31F3N6O. The Bertz CT molecular complexity index is 935. The highest BCUT2D eigenvalue weighted by atomic mass is 19.4. The van der Waals surface area contributed by atoms with E-state index in [2.05, 4.69) is 44.7 Å². The van der Waals surface area contributed by atoms with Crippen LogP contribution in [0.4, 0.5) is 23.8 Å². The van der Waals surface area contributed by atoms with Gasteiger partial charge < -0.3 is 15.1 Å². The predicted octanol–water partition coefficient (Wildman–Crippen LogP) is 3.77. The smallest absolute Gasteiger partial charge is 0.351 e. The number of urea groups is 1. The van der Waals surface area contributed by atoms with Crippen LogP contribution in [0.2, 0.25) is 0 Å². The van der Waals surface area contributed by atoms with Crippen LogP contribution in [-0.4, -0.2) is 70.3 Å². The zero-order valence-electron chi connectivity index (χ0n) is 19.5. The topological polar surface area (TPSA) is 64.6 Å². The largest absolute Gasteiger partial charge is 0.435 e. The van der Waals surface area contributed by atoms with E-state index in [1.165, 1.54) is 11.6 Å².